The van der Waals surface area contributed by atoms with Gasteiger partial charge in [0.1, 0.15) is 34.9 Å². The highest BCUT2D eigenvalue weighted by Gasteiger charge is 2.33. The Bertz CT molecular complexity index is 1290. The van der Waals surface area contributed by atoms with Crippen LogP contribution in [0.4, 0.5) is 24.5 Å². The van der Waals surface area contributed by atoms with Gasteiger partial charge in [0.05, 0.1) is 22.7 Å². The van der Waals surface area contributed by atoms with Crippen molar-refractivity contribution in [3.05, 3.63) is 58.5 Å². The third kappa shape index (κ3) is 4.63. The van der Waals surface area contributed by atoms with E-state index in [1.165, 1.54) is 47.9 Å². The molecule has 0 fully saturated rings. The van der Waals surface area contributed by atoms with Crippen molar-refractivity contribution in [2.45, 2.75) is 17.0 Å². The summed E-state index contributed by atoms with van der Waals surface area (Å²) < 4.78 is 73.3. The molecular weight excluding hydrogens is 467 g/mol. The summed E-state index contributed by atoms with van der Waals surface area (Å²) in [4.78, 5) is 5.72. The molecule has 1 aromatic heterocycles. The van der Waals surface area contributed by atoms with Crippen LogP contribution in [0.3, 0.4) is 0 Å². The first-order valence-corrected chi connectivity index (χ1v) is 11.6. The molecule has 0 bridgehead atoms. The molecule has 0 aliphatic carbocycles. The Morgan fingerprint density at radius 2 is 2.06 bits per heavy atom. The lowest BCUT2D eigenvalue weighted by molar-refractivity contribution is -0.274. The SMILES string of the molecule is N#Cc1ccc(N2CCOc3cc(S(=O)(=O)Cc4nccs4)ccc32)cc1OC(F)(F)F. The predicted octanol–water partition coefficient (Wildman–Crippen LogP) is 4.42. The molecule has 0 saturated carbocycles. The van der Waals surface area contributed by atoms with E-state index < -0.39 is 21.9 Å². The second kappa shape index (κ2) is 8.33. The molecule has 0 spiro atoms. The monoisotopic (exact) mass is 481 g/mol. The number of aromatic nitrogens is 1. The van der Waals surface area contributed by atoms with Crippen molar-refractivity contribution in [1.29, 1.82) is 5.26 Å². The number of halogens is 3. The quantitative estimate of drug-likeness (QED) is 0.533. The van der Waals surface area contributed by atoms with Crippen molar-refractivity contribution >= 4 is 32.5 Å². The largest absolute Gasteiger partial charge is 0.573 e. The van der Waals surface area contributed by atoms with Gasteiger partial charge >= 0.3 is 6.36 Å². The van der Waals surface area contributed by atoms with E-state index in [-0.39, 0.29) is 28.6 Å². The molecule has 0 unspecified atom stereocenters. The molecule has 1 aliphatic heterocycles. The first-order valence-electron chi connectivity index (χ1n) is 9.12. The normalized spacial score (nSPS) is 13.8. The van der Waals surface area contributed by atoms with Crippen molar-refractivity contribution in [2.75, 3.05) is 18.1 Å². The Morgan fingerprint density at radius 1 is 1.25 bits per heavy atom. The molecule has 0 amide bonds. The molecule has 32 heavy (non-hydrogen) atoms. The molecule has 0 N–H and O–H groups in total. The molecule has 7 nitrogen and oxygen atoms in total. The van der Waals surface area contributed by atoms with Gasteiger partial charge in [-0.25, -0.2) is 13.4 Å². The van der Waals surface area contributed by atoms with Gasteiger partial charge in [0.2, 0.25) is 0 Å². The Balaban J connectivity index is 1.68. The third-order valence-electron chi connectivity index (χ3n) is 4.57. The number of anilines is 2. The van der Waals surface area contributed by atoms with Crippen LogP contribution in [-0.4, -0.2) is 32.9 Å². The summed E-state index contributed by atoms with van der Waals surface area (Å²) in [5.41, 5.74) is 0.557. The van der Waals surface area contributed by atoms with Crippen LogP contribution in [0.15, 0.2) is 52.9 Å². The van der Waals surface area contributed by atoms with E-state index in [0.717, 1.165) is 6.07 Å². The summed E-state index contributed by atoms with van der Waals surface area (Å²) in [6.45, 7) is 0.480. The summed E-state index contributed by atoms with van der Waals surface area (Å²) in [5.74, 6) is -0.590. The summed E-state index contributed by atoms with van der Waals surface area (Å²) in [5, 5.41) is 11.2. The maximum absolute atomic E-state index is 12.7. The number of ether oxygens (including phenoxy) is 2. The molecule has 166 valence electrons. The van der Waals surface area contributed by atoms with Crippen LogP contribution in [0.1, 0.15) is 10.6 Å². The van der Waals surface area contributed by atoms with Gasteiger partial charge in [0.15, 0.2) is 9.84 Å². The number of rotatable bonds is 5. The molecule has 2 aromatic carbocycles. The van der Waals surface area contributed by atoms with E-state index in [0.29, 0.717) is 22.9 Å². The summed E-state index contributed by atoms with van der Waals surface area (Å²) >= 11 is 1.23. The van der Waals surface area contributed by atoms with Crippen LogP contribution in [0, 0.1) is 11.3 Å². The fourth-order valence-corrected chi connectivity index (χ4v) is 5.48. The number of hydrogen-bond donors (Lipinski definition) is 0. The van der Waals surface area contributed by atoms with Crippen LogP contribution in [0.2, 0.25) is 0 Å². The molecule has 1 aliphatic rings. The average Bonchev–Trinajstić information content (AvgIpc) is 3.24. The third-order valence-corrected chi connectivity index (χ3v) is 7.16. The van der Waals surface area contributed by atoms with E-state index in [2.05, 4.69) is 9.72 Å². The van der Waals surface area contributed by atoms with Crippen molar-refractivity contribution in [2.24, 2.45) is 0 Å². The van der Waals surface area contributed by atoms with Gasteiger partial charge in [-0.1, -0.05) is 0 Å². The molecule has 3 aromatic rings. The number of alkyl halides is 3. The van der Waals surface area contributed by atoms with E-state index in [1.807, 2.05) is 0 Å². The number of sulfone groups is 1. The van der Waals surface area contributed by atoms with Crippen LogP contribution in [-0.2, 0) is 15.6 Å². The first-order chi connectivity index (χ1) is 15.2. The lowest BCUT2D eigenvalue weighted by Crippen LogP contribution is -2.29. The van der Waals surface area contributed by atoms with E-state index in [4.69, 9.17) is 10.00 Å². The summed E-state index contributed by atoms with van der Waals surface area (Å²) in [6, 6.07) is 9.85. The van der Waals surface area contributed by atoms with Crippen molar-refractivity contribution in [1.82, 2.24) is 4.98 Å². The number of thiazole rings is 1. The van der Waals surface area contributed by atoms with Gasteiger partial charge in [-0.3, -0.25) is 0 Å². The second-order valence-corrected chi connectivity index (χ2v) is 9.62. The Labute approximate surface area is 185 Å². The van der Waals surface area contributed by atoms with E-state index >= 15 is 0 Å². The minimum atomic E-state index is -4.95. The average molecular weight is 481 g/mol. The Kier molecular flexibility index (Phi) is 5.70. The summed E-state index contributed by atoms with van der Waals surface area (Å²) in [6.07, 6.45) is -3.43. The van der Waals surface area contributed by atoms with Gasteiger partial charge in [-0.2, -0.15) is 5.26 Å². The van der Waals surface area contributed by atoms with Crippen molar-refractivity contribution < 1.29 is 31.1 Å². The number of fused-ring (bicyclic) bond motifs is 1. The number of benzene rings is 2. The van der Waals surface area contributed by atoms with Gasteiger partial charge in [-0.15, -0.1) is 24.5 Å². The number of nitrogens with zero attached hydrogens (tertiary/aromatic N) is 3. The smallest absolute Gasteiger partial charge is 0.489 e. The summed E-state index contributed by atoms with van der Waals surface area (Å²) in [7, 11) is -3.67. The maximum Gasteiger partial charge on any atom is 0.573 e. The zero-order valence-corrected chi connectivity index (χ0v) is 17.8. The minimum absolute atomic E-state index is 0.0502. The van der Waals surface area contributed by atoms with Crippen LogP contribution < -0.4 is 14.4 Å². The molecule has 2 heterocycles. The highest BCUT2D eigenvalue weighted by atomic mass is 32.2. The molecule has 4 rings (SSSR count). The maximum atomic E-state index is 12.7. The highest BCUT2D eigenvalue weighted by molar-refractivity contribution is 7.90. The molecule has 12 heteroatoms. The Morgan fingerprint density at radius 3 is 2.75 bits per heavy atom. The Hall–Kier alpha value is -3.30. The number of nitriles is 1. The molecule has 0 radical (unpaired) electrons. The standard InChI is InChI=1S/C20H14F3N3O4S2/c21-20(22,23)30-17-9-14(2-1-13(17)11-24)26-6-7-29-18-10-15(3-4-16(18)26)32(27,28)12-19-25-5-8-31-19/h1-5,8-10H,6-7,12H2. The van der Waals surface area contributed by atoms with Crippen LogP contribution >= 0.6 is 11.3 Å². The topological polar surface area (TPSA) is 92.5 Å². The molecule has 0 atom stereocenters. The lowest BCUT2D eigenvalue weighted by atomic mass is 10.1. The zero-order valence-electron chi connectivity index (χ0n) is 16.2. The fraction of sp³-hybridized carbons (Fsp3) is 0.200. The van der Waals surface area contributed by atoms with Gasteiger partial charge in [-0.05, 0) is 24.3 Å². The zero-order chi connectivity index (χ0) is 22.9. The van der Waals surface area contributed by atoms with Gasteiger partial charge in [0.25, 0.3) is 0 Å². The predicted molar refractivity (Wildman–Crippen MR) is 110 cm³/mol. The second-order valence-electron chi connectivity index (χ2n) is 6.65. The molecule has 0 saturated heterocycles. The fourth-order valence-electron chi connectivity index (χ4n) is 3.21. The molecular formula is C20H14F3N3O4S2. The van der Waals surface area contributed by atoms with E-state index in [9.17, 15) is 21.6 Å². The minimum Gasteiger partial charge on any atom is -0.489 e. The highest BCUT2D eigenvalue weighted by Crippen LogP contribution is 2.40. The number of hydrogen-bond acceptors (Lipinski definition) is 8. The lowest BCUT2D eigenvalue weighted by Gasteiger charge is -2.32. The van der Waals surface area contributed by atoms with Gasteiger partial charge in [0, 0.05) is 29.4 Å². The van der Waals surface area contributed by atoms with Crippen LogP contribution in [0.5, 0.6) is 11.5 Å². The first kappa shape index (κ1) is 21.9. The van der Waals surface area contributed by atoms with Gasteiger partial charge < -0.3 is 14.4 Å². The van der Waals surface area contributed by atoms with E-state index in [1.54, 1.807) is 16.3 Å². The van der Waals surface area contributed by atoms with Crippen molar-refractivity contribution in [3.63, 3.8) is 0 Å². The van der Waals surface area contributed by atoms with Crippen molar-refractivity contribution in [3.8, 4) is 17.6 Å². The van der Waals surface area contributed by atoms with Crippen LogP contribution in [0.25, 0.3) is 0 Å².